The largest absolute Gasteiger partial charge is 0.354 e. The molecule has 1 saturated heterocycles. The SMILES string of the molecule is Cc1[nH]nc2cnc(-c3cncc(N4CCC[C@H](N)C4)n3)cc12. The molecule has 118 valence electrons. The number of H-pyrrole nitrogens is 1. The lowest BCUT2D eigenvalue weighted by molar-refractivity contribution is 0.503. The minimum Gasteiger partial charge on any atom is -0.354 e. The second-order valence-electron chi connectivity index (χ2n) is 6.05. The lowest BCUT2D eigenvalue weighted by Gasteiger charge is -2.31. The maximum absolute atomic E-state index is 6.07. The fourth-order valence-electron chi connectivity index (χ4n) is 3.03. The fourth-order valence-corrected chi connectivity index (χ4v) is 3.03. The molecule has 0 unspecified atom stereocenters. The molecule has 7 nitrogen and oxygen atoms in total. The fraction of sp³-hybridized carbons (Fsp3) is 0.375. The summed E-state index contributed by atoms with van der Waals surface area (Å²) in [5, 5.41) is 8.24. The van der Waals surface area contributed by atoms with Gasteiger partial charge in [-0.3, -0.25) is 15.1 Å². The van der Waals surface area contributed by atoms with Crippen LogP contribution in [0.2, 0.25) is 0 Å². The van der Waals surface area contributed by atoms with Crippen molar-refractivity contribution in [3.8, 4) is 11.4 Å². The number of aromatic nitrogens is 5. The Kier molecular flexibility index (Phi) is 3.42. The first-order chi connectivity index (χ1) is 11.2. The van der Waals surface area contributed by atoms with Crippen molar-refractivity contribution in [2.75, 3.05) is 18.0 Å². The molecule has 4 heterocycles. The van der Waals surface area contributed by atoms with Crippen LogP contribution in [-0.2, 0) is 0 Å². The van der Waals surface area contributed by atoms with Gasteiger partial charge in [0, 0.05) is 30.2 Å². The summed E-state index contributed by atoms with van der Waals surface area (Å²) in [7, 11) is 0. The van der Waals surface area contributed by atoms with Crippen LogP contribution >= 0.6 is 0 Å². The van der Waals surface area contributed by atoms with Gasteiger partial charge >= 0.3 is 0 Å². The van der Waals surface area contributed by atoms with Crippen LogP contribution in [0.1, 0.15) is 18.5 Å². The smallest absolute Gasteiger partial charge is 0.147 e. The molecule has 0 radical (unpaired) electrons. The number of hydrogen-bond donors (Lipinski definition) is 2. The predicted octanol–water partition coefficient (Wildman–Crippen LogP) is 1.65. The minimum atomic E-state index is 0.206. The summed E-state index contributed by atoms with van der Waals surface area (Å²) in [6.07, 6.45) is 7.46. The highest BCUT2D eigenvalue weighted by atomic mass is 15.2. The van der Waals surface area contributed by atoms with Crippen molar-refractivity contribution in [1.82, 2.24) is 25.1 Å². The molecule has 3 N–H and O–H groups in total. The van der Waals surface area contributed by atoms with E-state index in [1.165, 1.54) is 0 Å². The first-order valence-electron chi connectivity index (χ1n) is 7.84. The predicted molar refractivity (Wildman–Crippen MR) is 89.1 cm³/mol. The number of pyridine rings is 1. The van der Waals surface area contributed by atoms with E-state index in [0.717, 1.165) is 59.7 Å². The van der Waals surface area contributed by atoms with Crippen molar-refractivity contribution in [2.24, 2.45) is 5.73 Å². The molecule has 4 rings (SSSR count). The molecular weight excluding hydrogens is 290 g/mol. The zero-order valence-corrected chi connectivity index (χ0v) is 13.0. The highest BCUT2D eigenvalue weighted by Gasteiger charge is 2.18. The van der Waals surface area contributed by atoms with E-state index >= 15 is 0 Å². The number of nitrogens with zero attached hydrogens (tertiary/aromatic N) is 5. The van der Waals surface area contributed by atoms with Crippen LogP contribution in [0.4, 0.5) is 5.82 Å². The summed E-state index contributed by atoms with van der Waals surface area (Å²) < 4.78 is 0. The van der Waals surface area contributed by atoms with Crippen LogP contribution < -0.4 is 10.6 Å². The number of rotatable bonds is 2. The highest BCUT2D eigenvalue weighted by Crippen LogP contribution is 2.23. The van der Waals surface area contributed by atoms with E-state index in [2.05, 4.69) is 25.1 Å². The molecule has 0 aromatic carbocycles. The maximum atomic E-state index is 6.07. The molecule has 0 aliphatic carbocycles. The Morgan fingerprint density at radius 2 is 2.17 bits per heavy atom. The van der Waals surface area contributed by atoms with Crippen LogP contribution in [0, 0.1) is 6.92 Å². The van der Waals surface area contributed by atoms with Crippen LogP contribution in [0.3, 0.4) is 0 Å². The molecule has 0 amide bonds. The number of nitrogens with two attached hydrogens (primary N) is 1. The zero-order chi connectivity index (χ0) is 15.8. The molecule has 3 aromatic rings. The Hall–Kier alpha value is -2.54. The molecule has 3 aromatic heterocycles. The van der Waals surface area contributed by atoms with E-state index in [1.807, 2.05) is 13.0 Å². The number of piperidine rings is 1. The number of anilines is 1. The van der Waals surface area contributed by atoms with E-state index in [9.17, 15) is 0 Å². The van der Waals surface area contributed by atoms with Crippen molar-refractivity contribution in [1.29, 1.82) is 0 Å². The third-order valence-corrected chi connectivity index (χ3v) is 4.30. The molecule has 0 saturated carbocycles. The first kappa shape index (κ1) is 14.1. The van der Waals surface area contributed by atoms with Gasteiger partial charge in [-0.25, -0.2) is 4.98 Å². The summed E-state index contributed by atoms with van der Waals surface area (Å²) in [4.78, 5) is 15.7. The third kappa shape index (κ3) is 2.63. The standard InChI is InChI=1S/C16H19N7/c1-10-12-5-13(19-7-14(12)22-21-10)15-6-18-8-16(20-15)23-4-2-3-11(17)9-23/h5-8,11H,2-4,9,17H2,1H3,(H,21,22)/t11-/m0/s1. The normalized spacial score (nSPS) is 18.5. The molecule has 23 heavy (non-hydrogen) atoms. The van der Waals surface area contributed by atoms with Gasteiger partial charge in [0.2, 0.25) is 0 Å². The Labute approximate surface area is 134 Å². The summed E-state index contributed by atoms with van der Waals surface area (Å²) in [6, 6.07) is 2.21. The Morgan fingerprint density at radius 3 is 3.04 bits per heavy atom. The monoisotopic (exact) mass is 309 g/mol. The summed E-state index contributed by atoms with van der Waals surface area (Å²) in [5.74, 6) is 0.864. The van der Waals surface area contributed by atoms with E-state index in [-0.39, 0.29) is 6.04 Å². The molecule has 0 bridgehead atoms. The topological polar surface area (TPSA) is 96.6 Å². The van der Waals surface area contributed by atoms with Crippen LogP contribution in [0.15, 0.2) is 24.7 Å². The molecule has 1 aliphatic rings. The number of nitrogens with one attached hydrogen (secondary N) is 1. The third-order valence-electron chi connectivity index (χ3n) is 4.30. The second kappa shape index (κ2) is 5.58. The van der Waals surface area contributed by atoms with Gasteiger partial charge in [-0.15, -0.1) is 0 Å². The minimum absolute atomic E-state index is 0.206. The molecular formula is C16H19N7. The molecule has 1 aliphatic heterocycles. The zero-order valence-electron chi connectivity index (χ0n) is 13.0. The van der Waals surface area contributed by atoms with Crippen molar-refractivity contribution in [3.63, 3.8) is 0 Å². The van der Waals surface area contributed by atoms with E-state index in [4.69, 9.17) is 10.7 Å². The summed E-state index contributed by atoms with van der Waals surface area (Å²) in [6.45, 7) is 3.79. The van der Waals surface area contributed by atoms with Gasteiger partial charge < -0.3 is 10.6 Å². The Bertz CT molecular complexity index is 841. The van der Waals surface area contributed by atoms with Crippen molar-refractivity contribution in [2.45, 2.75) is 25.8 Å². The van der Waals surface area contributed by atoms with E-state index < -0.39 is 0 Å². The lowest BCUT2D eigenvalue weighted by Crippen LogP contribution is -2.43. The van der Waals surface area contributed by atoms with Crippen molar-refractivity contribution in [3.05, 3.63) is 30.4 Å². The van der Waals surface area contributed by atoms with E-state index in [1.54, 1.807) is 18.6 Å². The van der Waals surface area contributed by atoms with Gasteiger partial charge in [-0.05, 0) is 25.8 Å². The lowest BCUT2D eigenvalue weighted by atomic mass is 10.1. The first-order valence-corrected chi connectivity index (χ1v) is 7.84. The van der Waals surface area contributed by atoms with Gasteiger partial charge in [0.1, 0.15) is 17.0 Å². The average Bonchev–Trinajstić information content (AvgIpc) is 2.96. The van der Waals surface area contributed by atoms with Gasteiger partial charge in [-0.2, -0.15) is 5.10 Å². The summed E-state index contributed by atoms with van der Waals surface area (Å²) in [5.41, 5.74) is 9.52. The van der Waals surface area contributed by atoms with E-state index in [0.29, 0.717) is 0 Å². The number of aromatic amines is 1. The molecule has 0 spiro atoms. The maximum Gasteiger partial charge on any atom is 0.147 e. The second-order valence-corrected chi connectivity index (χ2v) is 6.05. The number of hydrogen-bond acceptors (Lipinski definition) is 6. The molecule has 1 fully saturated rings. The van der Waals surface area contributed by atoms with Crippen LogP contribution in [0.25, 0.3) is 22.3 Å². The van der Waals surface area contributed by atoms with Crippen LogP contribution in [-0.4, -0.2) is 44.3 Å². The number of fused-ring (bicyclic) bond motifs is 1. The van der Waals surface area contributed by atoms with Crippen LogP contribution in [0.5, 0.6) is 0 Å². The van der Waals surface area contributed by atoms with Gasteiger partial charge in [0.15, 0.2) is 0 Å². The van der Waals surface area contributed by atoms with Gasteiger partial charge in [0.25, 0.3) is 0 Å². The quantitative estimate of drug-likeness (QED) is 0.747. The number of aryl methyl sites for hydroxylation is 1. The Morgan fingerprint density at radius 1 is 1.26 bits per heavy atom. The summed E-state index contributed by atoms with van der Waals surface area (Å²) >= 11 is 0. The highest BCUT2D eigenvalue weighted by molar-refractivity contribution is 5.83. The van der Waals surface area contributed by atoms with Gasteiger partial charge in [-0.1, -0.05) is 0 Å². The average molecular weight is 309 g/mol. The van der Waals surface area contributed by atoms with Crippen molar-refractivity contribution >= 4 is 16.7 Å². The molecule has 7 heteroatoms. The Balaban J connectivity index is 1.70. The van der Waals surface area contributed by atoms with Crippen molar-refractivity contribution < 1.29 is 0 Å². The van der Waals surface area contributed by atoms with Gasteiger partial charge in [0.05, 0.1) is 24.3 Å². The molecule has 1 atom stereocenters.